The molecule has 0 radical (unpaired) electrons. The molecule has 1 aromatic rings. The highest BCUT2D eigenvalue weighted by molar-refractivity contribution is 5.93. The van der Waals surface area contributed by atoms with Crippen molar-refractivity contribution in [3.05, 3.63) is 35.9 Å². The molecule has 0 saturated heterocycles. The van der Waals surface area contributed by atoms with Crippen molar-refractivity contribution in [1.29, 1.82) is 0 Å². The van der Waals surface area contributed by atoms with Crippen LogP contribution in [0.5, 0.6) is 11.5 Å². The van der Waals surface area contributed by atoms with E-state index >= 15 is 0 Å². The lowest BCUT2D eigenvalue weighted by atomic mass is 10.3. The number of carboxylic acid groups (broad SMARTS) is 2. The van der Waals surface area contributed by atoms with Gasteiger partial charge >= 0.3 is 11.9 Å². The number of rotatable bonds is 5. The number of carbonyl (C=O) groups is 2. The Labute approximate surface area is 101 Å². The van der Waals surface area contributed by atoms with Gasteiger partial charge in [0.1, 0.15) is 0 Å². The number of carboxylic acids is 2. The van der Waals surface area contributed by atoms with Gasteiger partial charge in [-0.2, -0.15) is 0 Å². The number of hydrogen-bond acceptors (Lipinski definition) is 4. The minimum atomic E-state index is -1.59. The van der Waals surface area contributed by atoms with Crippen LogP contribution in [-0.2, 0) is 9.59 Å². The van der Waals surface area contributed by atoms with Crippen LogP contribution in [0, 0.1) is 5.82 Å². The molecule has 1 aromatic carbocycles. The second-order valence-corrected chi connectivity index (χ2v) is 3.03. The van der Waals surface area contributed by atoms with Crippen LogP contribution in [0.4, 0.5) is 4.39 Å². The lowest BCUT2D eigenvalue weighted by Crippen LogP contribution is -2.11. The lowest BCUT2D eigenvalue weighted by molar-refractivity contribution is -0.137. The first kappa shape index (κ1) is 13.5. The Balaban J connectivity index is 3.13. The number of benzene rings is 1. The first-order valence-electron chi connectivity index (χ1n) is 4.64. The van der Waals surface area contributed by atoms with Gasteiger partial charge in [0.05, 0.1) is 13.2 Å². The van der Waals surface area contributed by atoms with E-state index < -0.39 is 23.5 Å². The van der Waals surface area contributed by atoms with E-state index in [9.17, 15) is 14.0 Å². The van der Waals surface area contributed by atoms with Gasteiger partial charge < -0.3 is 19.7 Å². The summed E-state index contributed by atoms with van der Waals surface area (Å²) >= 11 is 0. The highest BCUT2D eigenvalue weighted by Gasteiger charge is 2.17. The van der Waals surface area contributed by atoms with Crippen LogP contribution >= 0.6 is 0 Å². The zero-order chi connectivity index (χ0) is 13.7. The van der Waals surface area contributed by atoms with Crippen molar-refractivity contribution in [3.8, 4) is 11.5 Å². The smallest absolute Gasteiger partial charge is 0.372 e. The second kappa shape index (κ2) is 5.67. The Kier molecular flexibility index (Phi) is 4.25. The number of ether oxygens (including phenoxy) is 2. The van der Waals surface area contributed by atoms with Crippen LogP contribution in [0.3, 0.4) is 0 Å². The monoisotopic (exact) mass is 256 g/mol. The van der Waals surface area contributed by atoms with Crippen molar-refractivity contribution in [3.63, 3.8) is 0 Å². The van der Waals surface area contributed by atoms with E-state index in [1.54, 1.807) is 0 Å². The van der Waals surface area contributed by atoms with E-state index in [0.29, 0.717) is 6.08 Å². The molecule has 7 heteroatoms. The molecule has 1 rings (SSSR count). The van der Waals surface area contributed by atoms with E-state index in [4.69, 9.17) is 19.7 Å². The fourth-order valence-corrected chi connectivity index (χ4v) is 1.13. The summed E-state index contributed by atoms with van der Waals surface area (Å²) in [7, 11) is 1.17. The quantitative estimate of drug-likeness (QED) is 0.608. The van der Waals surface area contributed by atoms with Gasteiger partial charge in [0.15, 0.2) is 17.3 Å². The number of aliphatic carboxylic acids is 2. The Bertz CT molecular complexity index is 508. The Morgan fingerprint density at radius 2 is 2.00 bits per heavy atom. The van der Waals surface area contributed by atoms with Gasteiger partial charge in [0, 0.05) is 0 Å². The lowest BCUT2D eigenvalue weighted by Gasteiger charge is -2.10. The number of para-hydroxylation sites is 1. The van der Waals surface area contributed by atoms with Crippen LogP contribution in [0.25, 0.3) is 0 Å². The van der Waals surface area contributed by atoms with E-state index in [0.717, 1.165) is 6.07 Å². The predicted molar refractivity (Wildman–Crippen MR) is 56.9 cm³/mol. The maximum atomic E-state index is 13.3. The first-order chi connectivity index (χ1) is 8.45. The number of halogens is 1. The SMILES string of the molecule is COc1c(F)cccc1O/C(=C/C(=O)O)C(=O)O. The minimum Gasteiger partial charge on any atom is -0.490 e. The van der Waals surface area contributed by atoms with Crippen molar-refractivity contribution >= 4 is 11.9 Å². The van der Waals surface area contributed by atoms with Gasteiger partial charge in [0.2, 0.25) is 5.76 Å². The molecule has 0 heterocycles. The molecule has 0 atom stereocenters. The van der Waals surface area contributed by atoms with Crippen LogP contribution in [0.2, 0.25) is 0 Å². The molecule has 0 aliphatic rings. The summed E-state index contributed by atoms with van der Waals surface area (Å²) in [5.74, 6) is -5.24. The highest BCUT2D eigenvalue weighted by atomic mass is 19.1. The van der Waals surface area contributed by atoms with Crippen LogP contribution in [0.15, 0.2) is 30.0 Å². The first-order valence-corrected chi connectivity index (χ1v) is 4.64. The molecule has 0 spiro atoms. The Morgan fingerprint density at radius 1 is 1.33 bits per heavy atom. The molecule has 0 aliphatic heterocycles. The highest BCUT2D eigenvalue weighted by Crippen LogP contribution is 2.30. The number of methoxy groups -OCH3 is 1. The average Bonchev–Trinajstić information content (AvgIpc) is 2.27. The Hall–Kier alpha value is -2.57. The summed E-state index contributed by atoms with van der Waals surface area (Å²) in [5.41, 5.74) is 0. The van der Waals surface area contributed by atoms with Crippen molar-refractivity contribution in [2.24, 2.45) is 0 Å². The molecular formula is C11H9FO6. The number of hydrogen-bond donors (Lipinski definition) is 2. The molecule has 0 saturated carbocycles. The van der Waals surface area contributed by atoms with E-state index in [2.05, 4.69) is 0 Å². The Morgan fingerprint density at radius 3 is 2.50 bits per heavy atom. The van der Waals surface area contributed by atoms with E-state index in [1.807, 2.05) is 0 Å². The van der Waals surface area contributed by atoms with E-state index in [1.165, 1.54) is 19.2 Å². The maximum absolute atomic E-state index is 13.3. The second-order valence-electron chi connectivity index (χ2n) is 3.03. The molecule has 18 heavy (non-hydrogen) atoms. The van der Waals surface area contributed by atoms with Crippen molar-refractivity contribution in [2.45, 2.75) is 0 Å². The normalized spacial score (nSPS) is 10.9. The molecule has 0 bridgehead atoms. The zero-order valence-electron chi connectivity index (χ0n) is 9.21. The average molecular weight is 256 g/mol. The predicted octanol–water partition coefficient (Wildman–Crippen LogP) is 1.27. The van der Waals surface area contributed by atoms with E-state index in [-0.39, 0.29) is 11.5 Å². The van der Waals surface area contributed by atoms with Gasteiger partial charge in [-0.1, -0.05) is 6.07 Å². The van der Waals surface area contributed by atoms with Gasteiger partial charge in [-0.05, 0) is 12.1 Å². The summed E-state index contributed by atoms with van der Waals surface area (Å²) in [6.45, 7) is 0. The molecular weight excluding hydrogens is 247 g/mol. The third-order valence-electron chi connectivity index (χ3n) is 1.82. The zero-order valence-corrected chi connectivity index (χ0v) is 9.21. The molecule has 0 fully saturated rings. The largest absolute Gasteiger partial charge is 0.490 e. The molecule has 0 aliphatic carbocycles. The van der Waals surface area contributed by atoms with Crippen LogP contribution < -0.4 is 9.47 Å². The maximum Gasteiger partial charge on any atom is 0.372 e. The third kappa shape index (κ3) is 3.21. The molecule has 2 N–H and O–H groups in total. The third-order valence-corrected chi connectivity index (χ3v) is 1.82. The van der Waals surface area contributed by atoms with Crippen LogP contribution in [-0.4, -0.2) is 29.3 Å². The van der Waals surface area contributed by atoms with Crippen molar-refractivity contribution in [1.82, 2.24) is 0 Å². The fourth-order valence-electron chi connectivity index (χ4n) is 1.13. The minimum absolute atomic E-state index is 0.229. The fraction of sp³-hybridized carbons (Fsp3) is 0.0909. The summed E-state index contributed by atoms with van der Waals surface area (Å²) in [6, 6.07) is 3.61. The van der Waals surface area contributed by atoms with Gasteiger partial charge in [-0.15, -0.1) is 0 Å². The molecule has 0 unspecified atom stereocenters. The molecule has 6 nitrogen and oxygen atoms in total. The van der Waals surface area contributed by atoms with Crippen molar-refractivity contribution in [2.75, 3.05) is 7.11 Å². The van der Waals surface area contributed by atoms with Gasteiger partial charge in [-0.3, -0.25) is 0 Å². The van der Waals surface area contributed by atoms with Crippen molar-refractivity contribution < 1.29 is 33.7 Å². The summed E-state index contributed by atoms with van der Waals surface area (Å²) in [6.07, 6.45) is 0.354. The standard InChI is InChI=1S/C11H9FO6/c1-17-10-6(12)3-2-4-7(10)18-8(11(15)16)5-9(13)14/h2-5H,1H3,(H,13,14)(H,15,16)/b8-5+. The summed E-state index contributed by atoms with van der Waals surface area (Å²) < 4.78 is 22.8. The summed E-state index contributed by atoms with van der Waals surface area (Å²) in [4.78, 5) is 21.1. The van der Waals surface area contributed by atoms with Gasteiger partial charge in [-0.25, -0.2) is 14.0 Å². The molecule has 0 aromatic heterocycles. The topological polar surface area (TPSA) is 93.1 Å². The van der Waals surface area contributed by atoms with Gasteiger partial charge in [0.25, 0.3) is 0 Å². The molecule has 0 amide bonds. The summed E-state index contributed by atoms with van der Waals surface area (Å²) in [5, 5.41) is 17.2. The molecule has 96 valence electrons. The van der Waals surface area contributed by atoms with Crippen LogP contribution in [0.1, 0.15) is 0 Å².